The average Bonchev–Trinajstić information content (AvgIpc) is 2.30. The smallest absolute Gasteiger partial charge is 0.254 e. The first-order chi connectivity index (χ1) is 8.41. The van der Waals surface area contributed by atoms with E-state index in [1.807, 2.05) is 32.0 Å². The van der Waals surface area contributed by atoms with Gasteiger partial charge in [0.25, 0.3) is 5.91 Å². The van der Waals surface area contributed by atoms with Gasteiger partial charge in [-0.15, -0.1) is 0 Å². The van der Waals surface area contributed by atoms with Gasteiger partial charge in [-0.25, -0.2) is 0 Å². The minimum atomic E-state index is 0.00717. The van der Waals surface area contributed by atoms with Gasteiger partial charge >= 0.3 is 0 Å². The maximum Gasteiger partial charge on any atom is 0.254 e. The van der Waals surface area contributed by atoms with Crippen molar-refractivity contribution in [3.8, 4) is 0 Å². The highest BCUT2D eigenvalue weighted by Crippen LogP contribution is 2.20. The van der Waals surface area contributed by atoms with Gasteiger partial charge in [-0.2, -0.15) is 0 Å². The average molecular weight is 426 g/mol. The Morgan fingerprint density at radius 2 is 2.17 bits per heavy atom. The number of nitrogens with zero attached hydrogens (tertiary/aromatic N) is 1. The first kappa shape index (κ1) is 15.9. The molecular weight excluding hydrogens is 409 g/mol. The second kappa shape index (κ2) is 7.45. The van der Waals surface area contributed by atoms with Gasteiger partial charge < -0.3 is 9.64 Å². The van der Waals surface area contributed by atoms with Crippen molar-refractivity contribution in [1.29, 1.82) is 0 Å². The van der Waals surface area contributed by atoms with Crippen LogP contribution in [0.5, 0.6) is 0 Å². The third-order valence-corrected chi connectivity index (χ3v) is 3.75. The SMILES string of the molecule is CC(C)OCCN(C)C(=O)c1cc(I)ccc1Br. The normalized spacial score (nSPS) is 10.8. The van der Waals surface area contributed by atoms with E-state index in [1.165, 1.54) is 0 Å². The first-order valence-electron chi connectivity index (χ1n) is 5.74. The number of hydrogen-bond acceptors (Lipinski definition) is 2. The topological polar surface area (TPSA) is 29.5 Å². The van der Waals surface area contributed by atoms with Crippen molar-refractivity contribution in [3.63, 3.8) is 0 Å². The standard InChI is InChI=1S/C13H17BrINO2/c1-9(2)18-7-6-16(3)13(17)11-8-10(15)4-5-12(11)14/h4-5,8-9H,6-7H2,1-3H3. The molecule has 0 fully saturated rings. The maximum absolute atomic E-state index is 12.2. The van der Waals surface area contributed by atoms with Crippen LogP contribution in [0.2, 0.25) is 0 Å². The Labute approximate surface area is 130 Å². The molecule has 0 N–H and O–H groups in total. The lowest BCUT2D eigenvalue weighted by Gasteiger charge is -2.19. The Morgan fingerprint density at radius 1 is 1.50 bits per heavy atom. The van der Waals surface area contributed by atoms with Crippen LogP contribution in [-0.4, -0.2) is 37.1 Å². The van der Waals surface area contributed by atoms with E-state index in [2.05, 4.69) is 38.5 Å². The van der Waals surface area contributed by atoms with Gasteiger partial charge in [0.05, 0.1) is 18.3 Å². The van der Waals surface area contributed by atoms with Crippen molar-refractivity contribution in [2.45, 2.75) is 20.0 Å². The minimum Gasteiger partial charge on any atom is -0.377 e. The molecule has 1 aromatic carbocycles. The minimum absolute atomic E-state index is 0.00717. The lowest BCUT2D eigenvalue weighted by atomic mass is 10.2. The zero-order valence-corrected chi connectivity index (χ0v) is 14.5. The third-order valence-electron chi connectivity index (χ3n) is 2.38. The molecule has 1 amide bonds. The molecule has 1 rings (SSSR count). The van der Waals surface area contributed by atoms with Crippen LogP contribution in [0.25, 0.3) is 0 Å². The fourth-order valence-electron chi connectivity index (χ4n) is 1.39. The Bertz CT molecular complexity index is 423. The monoisotopic (exact) mass is 425 g/mol. The number of hydrogen-bond donors (Lipinski definition) is 0. The molecule has 3 nitrogen and oxygen atoms in total. The van der Waals surface area contributed by atoms with Crippen molar-refractivity contribution in [1.82, 2.24) is 4.90 Å². The number of ether oxygens (including phenoxy) is 1. The second-order valence-electron chi connectivity index (χ2n) is 4.27. The highest BCUT2D eigenvalue weighted by molar-refractivity contribution is 14.1. The highest BCUT2D eigenvalue weighted by atomic mass is 127. The van der Waals surface area contributed by atoms with Gasteiger partial charge in [0.1, 0.15) is 0 Å². The quantitative estimate of drug-likeness (QED) is 0.675. The molecule has 0 heterocycles. The van der Waals surface area contributed by atoms with E-state index in [1.54, 1.807) is 11.9 Å². The van der Waals surface area contributed by atoms with E-state index >= 15 is 0 Å². The van der Waals surface area contributed by atoms with Gasteiger partial charge in [0, 0.05) is 21.6 Å². The van der Waals surface area contributed by atoms with Crippen LogP contribution in [0.4, 0.5) is 0 Å². The lowest BCUT2D eigenvalue weighted by molar-refractivity contribution is 0.0531. The number of carbonyl (C=O) groups excluding carboxylic acids is 1. The molecule has 0 aliphatic heterocycles. The molecular formula is C13H17BrINO2. The summed E-state index contributed by atoms with van der Waals surface area (Å²) in [5.41, 5.74) is 0.689. The molecule has 0 spiro atoms. The van der Waals surface area contributed by atoms with Crippen LogP contribution >= 0.6 is 38.5 Å². The third kappa shape index (κ3) is 4.85. The van der Waals surface area contributed by atoms with Gasteiger partial charge in [-0.1, -0.05) is 0 Å². The molecule has 0 aliphatic rings. The summed E-state index contributed by atoms with van der Waals surface area (Å²) in [4.78, 5) is 13.9. The number of amides is 1. The van der Waals surface area contributed by atoms with E-state index in [-0.39, 0.29) is 12.0 Å². The summed E-state index contributed by atoms with van der Waals surface area (Å²) in [5, 5.41) is 0. The van der Waals surface area contributed by atoms with Crippen LogP contribution < -0.4 is 0 Å². The summed E-state index contributed by atoms with van der Waals surface area (Å²) in [7, 11) is 1.79. The van der Waals surface area contributed by atoms with Crippen molar-refractivity contribution >= 4 is 44.4 Å². The molecule has 0 saturated heterocycles. The van der Waals surface area contributed by atoms with Gasteiger partial charge in [0.2, 0.25) is 0 Å². The largest absolute Gasteiger partial charge is 0.377 e. The number of halogens is 2. The molecule has 0 unspecified atom stereocenters. The summed E-state index contributed by atoms with van der Waals surface area (Å²) in [6.07, 6.45) is 0.193. The molecule has 18 heavy (non-hydrogen) atoms. The Balaban J connectivity index is 2.65. The van der Waals surface area contributed by atoms with Crippen LogP contribution in [0.15, 0.2) is 22.7 Å². The van der Waals surface area contributed by atoms with Crippen LogP contribution in [0.3, 0.4) is 0 Å². The van der Waals surface area contributed by atoms with Gasteiger partial charge in [-0.05, 0) is 70.6 Å². The molecule has 100 valence electrons. The summed E-state index contributed by atoms with van der Waals surface area (Å²) in [6.45, 7) is 5.12. The van der Waals surface area contributed by atoms with Crippen molar-refractivity contribution in [2.24, 2.45) is 0 Å². The van der Waals surface area contributed by atoms with Crippen molar-refractivity contribution in [2.75, 3.05) is 20.2 Å². The van der Waals surface area contributed by atoms with Crippen LogP contribution in [0.1, 0.15) is 24.2 Å². The van der Waals surface area contributed by atoms with Gasteiger partial charge in [-0.3, -0.25) is 4.79 Å². The summed E-state index contributed by atoms with van der Waals surface area (Å²) >= 11 is 5.61. The molecule has 0 aliphatic carbocycles. The molecule has 0 atom stereocenters. The van der Waals surface area contributed by atoms with E-state index in [0.29, 0.717) is 18.7 Å². The molecule has 1 aromatic rings. The second-order valence-corrected chi connectivity index (χ2v) is 6.37. The maximum atomic E-state index is 12.2. The highest BCUT2D eigenvalue weighted by Gasteiger charge is 2.15. The van der Waals surface area contributed by atoms with E-state index in [4.69, 9.17) is 4.74 Å². The molecule has 0 radical (unpaired) electrons. The summed E-state index contributed by atoms with van der Waals surface area (Å²) in [5.74, 6) is 0.00717. The molecule has 0 saturated carbocycles. The molecule has 0 bridgehead atoms. The fraction of sp³-hybridized carbons (Fsp3) is 0.462. The first-order valence-corrected chi connectivity index (χ1v) is 7.61. The van der Waals surface area contributed by atoms with E-state index in [9.17, 15) is 4.79 Å². The van der Waals surface area contributed by atoms with Crippen LogP contribution in [0, 0.1) is 3.57 Å². The number of benzene rings is 1. The Morgan fingerprint density at radius 3 is 2.78 bits per heavy atom. The lowest BCUT2D eigenvalue weighted by Crippen LogP contribution is -2.31. The predicted molar refractivity (Wildman–Crippen MR) is 84.9 cm³/mol. The number of rotatable bonds is 5. The Kier molecular flexibility index (Phi) is 6.59. The number of carbonyl (C=O) groups is 1. The summed E-state index contributed by atoms with van der Waals surface area (Å²) < 4.78 is 7.32. The van der Waals surface area contributed by atoms with Crippen molar-refractivity contribution in [3.05, 3.63) is 31.8 Å². The van der Waals surface area contributed by atoms with E-state index in [0.717, 1.165) is 8.04 Å². The summed E-state index contributed by atoms with van der Waals surface area (Å²) in [6, 6.07) is 5.74. The predicted octanol–water partition coefficient (Wildman–Crippen LogP) is 3.55. The van der Waals surface area contributed by atoms with Crippen molar-refractivity contribution < 1.29 is 9.53 Å². The number of likely N-dealkylation sites (N-methyl/N-ethyl adjacent to an activating group) is 1. The molecule has 5 heteroatoms. The Hall–Kier alpha value is -0.140. The van der Waals surface area contributed by atoms with Crippen LogP contribution in [-0.2, 0) is 4.74 Å². The molecule has 0 aromatic heterocycles. The zero-order valence-electron chi connectivity index (χ0n) is 10.7. The van der Waals surface area contributed by atoms with Gasteiger partial charge in [0.15, 0.2) is 0 Å². The zero-order chi connectivity index (χ0) is 13.7. The fourth-order valence-corrected chi connectivity index (χ4v) is 2.30. The van der Waals surface area contributed by atoms with E-state index < -0.39 is 0 Å².